The Kier molecular flexibility index (Phi) is 42.1. The van der Waals surface area contributed by atoms with Crippen LogP contribution in [0.3, 0.4) is 0 Å². The SMILES string of the molecule is CCCCCCCCCC(O)O.CCCCCCCCCCCCC(OCC)OCC.COC. The van der Waals surface area contributed by atoms with Crippen molar-refractivity contribution < 1.29 is 24.4 Å². The number of rotatable bonds is 23. The van der Waals surface area contributed by atoms with Gasteiger partial charge in [-0.3, -0.25) is 0 Å². The van der Waals surface area contributed by atoms with E-state index in [1.54, 1.807) is 14.2 Å². The number of ether oxygens (including phenoxy) is 3. The van der Waals surface area contributed by atoms with E-state index in [-0.39, 0.29) is 6.29 Å². The highest BCUT2D eigenvalue weighted by Crippen LogP contribution is 2.13. The first-order valence-electron chi connectivity index (χ1n) is 14.5. The van der Waals surface area contributed by atoms with Gasteiger partial charge in [0.15, 0.2) is 12.6 Å². The molecule has 0 aliphatic heterocycles. The Morgan fingerprint density at radius 2 is 0.765 bits per heavy atom. The summed E-state index contributed by atoms with van der Waals surface area (Å²) in [7, 11) is 3.25. The summed E-state index contributed by atoms with van der Waals surface area (Å²) in [6, 6.07) is 0. The zero-order valence-electron chi connectivity index (χ0n) is 24.1. The number of methoxy groups -OCH3 is 1. The van der Waals surface area contributed by atoms with E-state index in [0.29, 0.717) is 6.42 Å². The molecule has 0 aliphatic carbocycles. The van der Waals surface area contributed by atoms with Crippen molar-refractivity contribution in [1.29, 1.82) is 0 Å². The first-order chi connectivity index (χ1) is 16.5. The van der Waals surface area contributed by atoms with Crippen molar-refractivity contribution in [2.45, 2.75) is 162 Å². The van der Waals surface area contributed by atoms with Crippen molar-refractivity contribution in [1.82, 2.24) is 0 Å². The molecule has 0 saturated heterocycles. The maximum Gasteiger partial charge on any atom is 0.157 e. The second-order valence-corrected chi connectivity index (χ2v) is 9.11. The van der Waals surface area contributed by atoms with Gasteiger partial charge in [-0.1, -0.05) is 110 Å². The van der Waals surface area contributed by atoms with Crippen LogP contribution in [0.4, 0.5) is 0 Å². The summed E-state index contributed by atoms with van der Waals surface area (Å²) in [4.78, 5) is 0. The van der Waals surface area contributed by atoms with E-state index < -0.39 is 6.29 Å². The van der Waals surface area contributed by atoms with Gasteiger partial charge < -0.3 is 24.4 Å². The summed E-state index contributed by atoms with van der Waals surface area (Å²) in [6.45, 7) is 10.1. The number of unbranched alkanes of at least 4 members (excludes halogenated alkanes) is 15. The molecular weight excluding hydrogens is 428 g/mol. The van der Waals surface area contributed by atoms with Gasteiger partial charge in [0, 0.05) is 27.4 Å². The topological polar surface area (TPSA) is 68.2 Å². The Labute approximate surface area is 214 Å². The van der Waals surface area contributed by atoms with E-state index in [4.69, 9.17) is 19.7 Å². The molecule has 0 radical (unpaired) electrons. The van der Waals surface area contributed by atoms with E-state index in [2.05, 4.69) is 18.6 Å². The molecule has 5 nitrogen and oxygen atoms in total. The molecule has 0 atom stereocenters. The number of hydrogen-bond acceptors (Lipinski definition) is 5. The summed E-state index contributed by atoms with van der Waals surface area (Å²) in [5, 5.41) is 17.1. The average molecular weight is 493 g/mol. The molecular formula is C29H64O5. The fraction of sp³-hybridized carbons (Fsp3) is 1.00. The van der Waals surface area contributed by atoms with Crippen LogP contribution in [-0.4, -0.2) is 50.2 Å². The van der Waals surface area contributed by atoms with Gasteiger partial charge in [0.1, 0.15) is 0 Å². The third-order valence-electron chi connectivity index (χ3n) is 5.56. The normalized spacial score (nSPS) is 10.8. The van der Waals surface area contributed by atoms with Crippen molar-refractivity contribution in [3.8, 4) is 0 Å². The van der Waals surface area contributed by atoms with Gasteiger partial charge in [-0.2, -0.15) is 0 Å². The van der Waals surface area contributed by atoms with Crippen molar-refractivity contribution in [2.75, 3.05) is 27.4 Å². The molecule has 0 rings (SSSR count). The Hall–Kier alpha value is -0.200. The Balaban J connectivity index is -0.000000547. The third kappa shape index (κ3) is 42.0. The highest BCUT2D eigenvalue weighted by molar-refractivity contribution is 4.50. The lowest BCUT2D eigenvalue weighted by Crippen LogP contribution is -2.17. The molecule has 0 aromatic rings. The molecule has 0 aromatic heterocycles. The minimum absolute atomic E-state index is 0.0315. The highest BCUT2D eigenvalue weighted by atomic mass is 16.7. The van der Waals surface area contributed by atoms with Gasteiger partial charge in [-0.25, -0.2) is 0 Å². The van der Waals surface area contributed by atoms with Crippen LogP contribution in [0.2, 0.25) is 0 Å². The third-order valence-corrected chi connectivity index (χ3v) is 5.56. The van der Waals surface area contributed by atoms with E-state index >= 15 is 0 Å². The van der Waals surface area contributed by atoms with E-state index in [1.165, 1.54) is 96.3 Å². The molecule has 0 heterocycles. The fourth-order valence-electron chi connectivity index (χ4n) is 3.67. The summed E-state index contributed by atoms with van der Waals surface area (Å²) < 4.78 is 15.3. The summed E-state index contributed by atoms with van der Waals surface area (Å²) >= 11 is 0. The lowest BCUT2D eigenvalue weighted by Gasteiger charge is -2.16. The van der Waals surface area contributed by atoms with E-state index in [1.807, 2.05) is 13.8 Å². The largest absolute Gasteiger partial charge is 0.388 e. The standard InChI is InChI=1S/C17H36O2.C10H22O2.C2H6O/c1-4-7-8-9-10-11-12-13-14-15-16-17(18-5-2)19-6-3;1-2-3-4-5-6-7-8-9-10(11)12;1-3-2/h17H,4-16H2,1-3H3;10-12H,2-9H2,1H3;1-2H3. The van der Waals surface area contributed by atoms with Crippen LogP contribution < -0.4 is 0 Å². The molecule has 34 heavy (non-hydrogen) atoms. The molecule has 210 valence electrons. The Bertz CT molecular complexity index is 307. The van der Waals surface area contributed by atoms with Gasteiger partial charge in [0.25, 0.3) is 0 Å². The molecule has 0 aromatic carbocycles. The average Bonchev–Trinajstić information content (AvgIpc) is 2.81. The first kappa shape index (κ1) is 38.3. The van der Waals surface area contributed by atoms with E-state index in [9.17, 15) is 0 Å². The van der Waals surface area contributed by atoms with Crippen LogP contribution in [0.1, 0.15) is 150 Å². The summed E-state index contributed by atoms with van der Waals surface area (Å²) in [6.07, 6.45) is 22.9. The minimum Gasteiger partial charge on any atom is -0.388 e. The minimum atomic E-state index is -1.10. The van der Waals surface area contributed by atoms with Crippen molar-refractivity contribution in [2.24, 2.45) is 0 Å². The maximum atomic E-state index is 8.55. The highest BCUT2D eigenvalue weighted by Gasteiger charge is 2.06. The molecule has 0 amide bonds. The van der Waals surface area contributed by atoms with Crippen LogP contribution in [-0.2, 0) is 14.2 Å². The fourth-order valence-corrected chi connectivity index (χ4v) is 3.67. The zero-order valence-corrected chi connectivity index (χ0v) is 24.1. The van der Waals surface area contributed by atoms with Crippen LogP contribution in [0, 0.1) is 0 Å². The van der Waals surface area contributed by atoms with E-state index in [0.717, 1.165) is 32.5 Å². The monoisotopic (exact) mass is 492 g/mol. The van der Waals surface area contributed by atoms with Gasteiger partial charge >= 0.3 is 0 Å². The summed E-state index contributed by atoms with van der Waals surface area (Å²) in [5.41, 5.74) is 0. The van der Waals surface area contributed by atoms with Crippen LogP contribution in [0.5, 0.6) is 0 Å². The number of hydrogen-bond donors (Lipinski definition) is 2. The van der Waals surface area contributed by atoms with Crippen molar-refractivity contribution in [3.63, 3.8) is 0 Å². The van der Waals surface area contributed by atoms with Crippen LogP contribution in [0.15, 0.2) is 0 Å². The van der Waals surface area contributed by atoms with Crippen LogP contribution >= 0.6 is 0 Å². The molecule has 0 aliphatic rings. The zero-order chi connectivity index (χ0) is 26.1. The number of aliphatic hydroxyl groups excluding tert-OH is 1. The second kappa shape index (κ2) is 37.4. The molecule has 0 unspecified atom stereocenters. The maximum absolute atomic E-state index is 8.55. The van der Waals surface area contributed by atoms with Gasteiger partial charge in [0.05, 0.1) is 0 Å². The smallest absolute Gasteiger partial charge is 0.157 e. The molecule has 5 heteroatoms. The van der Waals surface area contributed by atoms with Gasteiger partial charge in [-0.15, -0.1) is 0 Å². The van der Waals surface area contributed by atoms with Gasteiger partial charge in [-0.05, 0) is 39.5 Å². The Morgan fingerprint density at radius 1 is 0.471 bits per heavy atom. The predicted molar refractivity (Wildman–Crippen MR) is 147 cm³/mol. The molecule has 2 N–H and O–H groups in total. The molecule has 0 fully saturated rings. The first-order valence-corrected chi connectivity index (χ1v) is 14.5. The van der Waals surface area contributed by atoms with Crippen molar-refractivity contribution >= 4 is 0 Å². The lowest BCUT2D eigenvalue weighted by molar-refractivity contribution is -0.140. The van der Waals surface area contributed by atoms with Gasteiger partial charge in [0.2, 0.25) is 0 Å². The quantitative estimate of drug-likeness (QED) is 0.111. The molecule has 0 saturated carbocycles. The van der Waals surface area contributed by atoms with Crippen molar-refractivity contribution in [3.05, 3.63) is 0 Å². The second-order valence-electron chi connectivity index (χ2n) is 9.11. The summed E-state index contributed by atoms with van der Waals surface area (Å²) in [5.74, 6) is 0. The number of aliphatic hydroxyl groups is 2. The molecule has 0 bridgehead atoms. The predicted octanol–water partition coefficient (Wildman–Crippen LogP) is 8.40. The lowest BCUT2D eigenvalue weighted by atomic mass is 10.1. The Morgan fingerprint density at radius 3 is 1.06 bits per heavy atom. The molecule has 0 spiro atoms. The van der Waals surface area contributed by atoms with Crippen LogP contribution in [0.25, 0.3) is 0 Å².